The van der Waals surface area contributed by atoms with E-state index in [2.05, 4.69) is 13.3 Å². The van der Waals surface area contributed by atoms with Crippen molar-refractivity contribution in [2.75, 3.05) is 5.32 Å². The van der Waals surface area contributed by atoms with Crippen LogP contribution in [0.15, 0.2) is 42.5 Å². The van der Waals surface area contributed by atoms with Crippen LogP contribution in [0.1, 0.15) is 15.9 Å². The molecular formula is C14H12N4OSe. The van der Waals surface area contributed by atoms with Crippen molar-refractivity contribution in [1.82, 2.24) is 7.96 Å². The standard InChI is InChI=1S/C14H12N4OSe/c15-14(19)10-6-4-9(5-7-10)8-16-11-2-1-3-12-13(11)18-20-17-12/h1-7,16H,8H2,(H2,15,19). The molecule has 0 atom stereocenters. The summed E-state index contributed by atoms with van der Waals surface area (Å²) >= 11 is -0.0246. The minimum absolute atomic E-state index is 0.0246. The first kappa shape index (κ1) is 12.8. The molecule has 20 heavy (non-hydrogen) atoms. The van der Waals surface area contributed by atoms with Crippen LogP contribution >= 0.6 is 0 Å². The minimum atomic E-state index is -0.409. The number of primary amides is 1. The number of nitrogens with one attached hydrogen (secondary N) is 1. The molecule has 0 bridgehead atoms. The average Bonchev–Trinajstić information content (AvgIpc) is 2.94. The number of anilines is 1. The molecule has 0 aliphatic carbocycles. The number of hydrogen-bond acceptors (Lipinski definition) is 4. The third kappa shape index (κ3) is 2.57. The molecule has 3 rings (SSSR count). The van der Waals surface area contributed by atoms with Crippen molar-refractivity contribution < 1.29 is 4.79 Å². The van der Waals surface area contributed by atoms with Crippen LogP contribution in [-0.4, -0.2) is 28.8 Å². The van der Waals surface area contributed by atoms with Crippen LogP contribution in [0, 0.1) is 0 Å². The third-order valence-electron chi connectivity index (χ3n) is 3.01. The fourth-order valence-electron chi connectivity index (χ4n) is 1.93. The molecule has 1 amide bonds. The third-order valence-corrected chi connectivity index (χ3v) is 4.15. The molecule has 1 heterocycles. The first-order valence-electron chi connectivity index (χ1n) is 6.08. The summed E-state index contributed by atoms with van der Waals surface area (Å²) in [5, 5.41) is 3.35. The first-order valence-corrected chi connectivity index (χ1v) is 7.61. The molecule has 6 heteroatoms. The number of hydrogen-bond donors (Lipinski definition) is 2. The van der Waals surface area contributed by atoms with Gasteiger partial charge in [0.25, 0.3) is 0 Å². The van der Waals surface area contributed by atoms with E-state index in [4.69, 9.17) is 5.73 Å². The molecule has 5 nitrogen and oxygen atoms in total. The zero-order chi connectivity index (χ0) is 13.9. The number of carbonyl (C=O) groups is 1. The maximum absolute atomic E-state index is 11.0. The Morgan fingerprint density at radius 2 is 1.95 bits per heavy atom. The van der Waals surface area contributed by atoms with Crippen molar-refractivity contribution in [3.63, 3.8) is 0 Å². The van der Waals surface area contributed by atoms with E-state index in [1.54, 1.807) is 12.1 Å². The Balaban J connectivity index is 1.76. The van der Waals surface area contributed by atoms with Gasteiger partial charge in [-0.05, 0) is 0 Å². The second-order valence-electron chi connectivity index (χ2n) is 4.35. The molecule has 3 N–H and O–H groups in total. The molecule has 2 aromatic carbocycles. The molecule has 0 spiro atoms. The van der Waals surface area contributed by atoms with Gasteiger partial charge in [-0.1, -0.05) is 0 Å². The van der Waals surface area contributed by atoms with E-state index in [-0.39, 0.29) is 15.0 Å². The molecule has 0 aliphatic rings. The zero-order valence-electron chi connectivity index (χ0n) is 10.5. The predicted molar refractivity (Wildman–Crippen MR) is 78.8 cm³/mol. The number of nitrogens with zero attached hydrogens (tertiary/aromatic N) is 2. The van der Waals surface area contributed by atoms with Gasteiger partial charge in [-0.3, -0.25) is 0 Å². The van der Waals surface area contributed by atoms with Gasteiger partial charge in [0.15, 0.2) is 0 Å². The van der Waals surface area contributed by atoms with Gasteiger partial charge in [-0.25, -0.2) is 0 Å². The first-order chi connectivity index (χ1) is 9.74. The van der Waals surface area contributed by atoms with Crippen LogP contribution in [0.25, 0.3) is 11.0 Å². The van der Waals surface area contributed by atoms with Crippen LogP contribution in [0.4, 0.5) is 5.69 Å². The maximum atomic E-state index is 11.0. The molecule has 0 saturated heterocycles. The summed E-state index contributed by atoms with van der Waals surface area (Å²) in [5.74, 6) is -0.409. The normalized spacial score (nSPS) is 10.6. The van der Waals surface area contributed by atoms with Crippen molar-refractivity contribution >= 4 is 37.6 Å². The summed E-state index contributed by atoms with van der Waals surface area (Å²) < 4.78 is 8.77. The van der Waals surface area contributed by atoms with E-state index in [1.165, 1.54) is 0 Å². The Hall–Kier alpha value is -2.17. The molecule has 0 fully saturated rings. The Kier molecular flexibility index (Phi) is 3.50. The van der Waals surface area contributed by atoms with Crippen molar-refractivity contribution in [2.24, 2.45) is 5.73 Å². The topological polar surface area (TPSA) is 80.9 Å². The number of rotatable bonds is 4. The Labute approximate surface area is 122 Å². The molecule has 0 radical (unpaired) electrons. The van der Waals surface area contributed by atoms with E-state index in [1.807, 2.05) is 30.3 Å². The number of carbonyl (C=O) groups excluding carboxylic acids is 1. The van der Waals surface area contributed by atoms with Crippen LogP contribution in [0.5, 0.6) is 0 Å². The summed E-state index contributed by atoms with van der Waals surface area (Å²) in [4.78, 5) is 11.0. The van der Waals surface area contributed by atoms with Gasteiger partial charge < -0.3 is 0 Å². The molecule has 0 aliphatic heterocycles. The SMILES string of the molecule is NC(=O)c1ccc(CNc2cccc3n[se]nc23)cc1. The monoisotopic (exact) mass is 332 g/mol. The van der Waals surface area contributed by atoms with E-state index in [0.29, 0.717) is 12.1 Å². The van der Waals surface area contributed by atoms with Crippen molar-refractivity contribution in [3.8, 4) is 0 Å². The Bertz CT molecular complexity index is 751. The molecule has 0 saturated carbocycles. The van der Waals surface area contributed by atoms with Crippen molar-refractivity contribution in [1.29, 1.82) is 0 Å². The van der Waals surface area contributed by atoms with E-state index >= 15 is 0 Å². The predicted octanol–water partition coefficient (Wildman–Crippen LogP) is 1.40. The average molecular weight is 331 g/mol. The van der Waals surface area contributed by atoms with Crippen LogP contribution < -0.4 is 11.1 Å². The number of benzene rings is 2. The summed E-state index contributed by atoms with van der Waals surface area (Å²) in [6, 6.07) is 13.2. The molecule has 1 aromatic heterocycles. The van der Waals surface area contributed by atoms with Crippen LogP contribution in [-0.2, 0) is 6.54 Å². The Morgan fingerprint density at radius 3 is 2.70 bits per heavy atom. The van der Waals surface area contributed by atoms with E-state index in [9.17, 15) is 4.79 Å². The molecule has 100 valence electrons. The summed E-state index contributed by atoms with van der Waals surface area (Å²) in [6.07, 6.45) is 0. The number of aromatic nitrogens is 2. The number of nitrogens with two attached hydrogens (primary N) is 1. The summed E-state index contributed by atoms with van der Waals surface area (Å²) in [5.41, 5.74) is 9.70. The van der Waals surface area contributed by atoms with Gasteiger partial charge in [0.05, 0.1) is 0 Å². The quantitative estimate of drug-likeness (QED) is 0.708. The fourth-order valence-corrected chi connectivity index (χ4v) is 3.09. The second-order valence-corrected chi connectivity index (χ2v) is 5.46. The van der Waals surface area contributed by atoms with Gasteiger partial charge >= 0.3 is 122 Å². The van der Waals surface area contributed by atoms with Crippen LogP contribution in [0.2, 0.25) is 0 Å². The molecule has 0 unspecified atom stereocenters. The number of fused-ring (bicyclic) bond motifs is 1. The van der Waals surface area contributed by atoms with Crippen molar-refractivity contribution in [2.45, 2.75) is 6.54 Å². The zero-order valence-corrected chi connectivity index (χ0v) is 12.2. The number of amides is 1. The molecular weight excluding hydrogens is 319 g/mol. The van der Waals surface area contributed by atoms with Gasteiger partial charge in [-0.2, -0.15) is 0 Å². The summed E-state index contributed by atoms with van der Waals surface area (Å²) in [7, 11) is 0. The van der Waals surface area contributed by atoms with Crippen molar-refractivity contribution in [3.05, 3.63) is 53.6 Å². The van der Waals surface area contributed by atoms with Gasteiger partial charge in [-0.15, -0.1) is 0 Å². The fraction of sp³-hybridized carbons (Fsp3) is 0.0714. The van der Waals surface area contributed by atoms with Gasteiger partial charge in [0, 0.05) is 0 Å². The van der Waals surface area contributed by atoms with E-state index in [0.717, 1.165) is 22.3 Å². The molecule has 3 aromatic rings. The second kappa shape index (κ2) is 5.44. The van der Waals surface area contributed by atoms with Gasteiger partial charge in [0.1, 0.15) is 0 Å². The summed E-state index contributed by atoms with van der Waals surface area (Å²) in [6.45, 7) is 0.665. The van der Waals surface area contributed by atoms with Crippen LogP contribution in [0.3, 0.4) is 0 Å². The van der Waals surface area contributed by atoms with Gasteiger partial charge in [0.2, 0.25) is 0 Å². The van der Waals surface area contributed by atoms with E-state index < -0.39 is 5.91 Å². The Morgan fingerprint density at radius 1 is 1.15 bits per heavy atom.